The summed E-state index contributed by atoms with van der Waals surface area (Å²) < 4.78 is 22.1. The molecule has 2 aromatic rings. The average molecular weight is 469 g/mol. The summed E-state index contributed by atoms with van der Waals surface area (Å²) in [5, 5.41) is 0. The number of allylic oxidation sites excluding steroid dienone is 1. The van der Waals surface area contributed by atoms with Crippen molar-refractivity contribution in [2.45, 2.75) is 54.4 Å². The van der Waals surface area contributed by atoms with Gasteiger partial charge in [0.15, 0.2) is 5.78 Å². The van der Waals surface area contributed by atoms with E-state index in [-0.39, 0.29) is 18.5 Å². The molecule has 34 heavy (non-hydrogen) atoms. The number of aryl methyl sites for hydroxylation is 1. The zero-order chi connectivity index (χ0) is 25.1. The van der Waals surface area contributed by atoms with Crippen LogP contribution in [0.1, 0.15) is 69.4 Å². The highest BCUT2D eigenvalue weighted by molar-refractivity contribution is 6.07. The molecule has 0 fully saturated rings. The first-order valence-electron chi connectivity index (χ1n) is 11.7. The predicted octanol–water partition coefficient (Wildman–Crippen LogP) is 6.26. The summed E-state index contributed by atoms with van der Waals surface area (Å²) in [5.74, 6) is 1.53. The van der Waals surface area contributed by atoms with Crippen molar-refractivity contribution in [3.8, 4) is 17.2 Å². The fourth-order valence-electron chi connectivity index (χ4n) is 3.14. The molecule has 0 saturated heterocycles. The number of ether oxygens (including phenoxy) is 4. The molecule has 2 rings (SSSR count). The van der Waals surface area contributed by atoms with Gasteiger partial charge in [-0.2, -0.15) is 0 Å². The van der Waals surface area contributed by atoms with E-state index in [0.29, 0.717) is 30.3 Å². The van der Waals surface area contributed by atoms with E-state index >= 15 is 0 Å². The van der Waals surface area contributed by atoms with Crippen molar-refractivity contribution >= 4 is 17.8 Å². The quantitative estimate of drug-likeness (QED) is 0.158. The van der Waals surface area contributed by atoms with Gasteiger partial charge in [-0.25, -0.2) is 0 Å². The van der Waals surface area contributed by atoms with Crippen LogP contribution in [0.25, 0.3) is 6.08 Å². The minimum Gasteiger partial charge on any atom is -0.493 e. The third kappa shape index (κ3) is 7.94. The summed E-state index contributed by atoms with van der Waals surface area (Å²) in [4.78, 5) is 24.5. The van der Waals surface area contributed by atoms with Crippen molar-refractivity contribution in [2.75, 3.05) is 20.0 Å². The Morgan fingerprint density at radius 3 is 2.12 bits per heavy atom. The van der Waals surface area contributed by atoms with Crippen LogP contribution in [-0.2, 0) is 16.0 Å². The van der Waals surface area contributed by atoms with Crippen LogP contribution in [0.5, 0.6) is 17.2 Å². The molecule has 0 saturated carbocycles. The van der Waals surface area contributed by atoms with Crippen LogP contribution in [0.2, 0.25) is 0 Å². The van der Waals surface area contributed by atoms with Crippen molar-refractivity contribution in [2.24, 2.45) is 5.41 Å². The maximum Gasteiger partial charge on any atom is 0.314 e. The Kier molecular flexibility index (Phi) is 10.2. The van der Waals surface area contributed by atoms with Gasteiger partial charge in [-0.1, -0.05) is 13.3 Å². The van der Waals surface area contributed by atoms with E-state index in [2.05, 4.69) is 6.92 Å². The van der Waals surface area contributed by atoms with Crippen LogP contribution in [-0.4, -0.2) is 31.8 Å². The van der Waals surface area contributed by atoms with E-state index in [4.69, 9.17) is 18.9 Å². The second-order valence-electron chi connectivity index (χ2n) is 8.78. The molecule has 0 heterocycles. The molecule has 0 spiro atoms. The molecule has 0 aliphatic rings. The van der Waals surface area contributed by atoms with Gasteiger partial charge in [0, 0.05) is 17.2 Å². The Balaban J connectivity index is 2.11. The fraction of sp³-hybridized carbons (Fsp3) is 0.429. The number of rotatable bonds is 12. The molecule has 2 aromatic carbocycles. The van der Waals surface area contributed by atoms with Crippen LogP contribution >= 0.6 is 0 Å². The maximum absolute atomic E-state index is 12.7. The van der Waals surface area contributed by atoms with Crippen LogP contribution in [0, 0.1) is 5.41 Å². The lowest BCUT2D eigenvalue weighted by Gasteiger charge is -2.16. The standard InChI is InChI=1S/C28H36O6/c1-7-10-21-17-22(26(32-9-3)18-25(21)31-8-2)13-16-24(29)20-11-14-23(15-12-20)33-19-34-27(30)28(4,5)6/h11-18H,7-10,19H2,1-6H3/b16-13+. The zero-order valence-electron chi connectivity index (χ0n) is 21.1. The van der Waals surface area contributed by atoms with Gasteiger partial charge < -0.3 is 18.9 Å². The van der Waals surface area contributed by atoms with Crippen LogP contribution < -0.4 is 14.2 Å². The summed E-state index contributed by atoms with van der Waals surface area (Å²) in [7, 11) is 0. The van der Waals surface area contributed by atoms with Gasteiger partial charge in [0.25, 0.3) is 0 Å². The minimum atomic E-state index is -0.589. The summed E-state index contributed by atoms with van der Waals surface area (Å²) in [6.45, 7) is 12.2. The van der Waals surface area contributed by atoms with E-state index < -0.39 is 5.41 Å². The Bertz CT molecular complexity index is 983. The molecule has 0 aromatic heterocycles. The summed E-state index contributed by atoms with van der Waals surface area (Å²) in [5.41, 5.74) is 1.86. The Hall–Kier alpha value is -3.28. The largest absolute Gasteiger partial charge is 0.493 e. The molecular formula is C28H36O6. The van der Waals surface area contributed by atoms with Crippen molar-refractivity contribution in [3.05, 3.63) is 59.2 Å². The first kappa shape index (κ1) is 27.0. The lowest BCUT2D eigenvalue weighted by Crippen LogP contribution is -2.24. The van der Waals surface area contributed by atoms with Crippen molar-refractivity contribution < 1.29 is 28.5 Å². The molecule has 0 N–H and O–H groups in total. The van der Waals surface area contributed by atoms with Crippen LogP contribution in [0.15, 0.2) is 42.5 Å². The van der Waals surface area contributed by atoms with Gasteiger partial charge in [-0.15, -0.1) is 0 Å². The van der Waals surface area contributed by atoms with E-state index in [0.717, 1.165) is 29.7 Å². The van der Waals surface area contributed by atoms with Crippen LogP contribution in [0.3, 0.4) is 0 Å². The number of hydrogen-bond donors (Lipinski definition) is 0. The summed E-state index contributed by atoms with van der Waals surface area (Å²) in [6.07, 6.45) is 5.18. The molecule has 0 aliphatic carbocycles. The number of carbonyl (C=O) groups is 2. The molecular weight excluding hydrogens is 432 g/mol. The second-order valence-corrected chi connectivity index (χ2v) is 8.78. The van der Waals surface area contributed by atoms with E-state index in [1.165, 1.54) is 6.08 Å². The van der Waals surface area contributed by atoms with Crippen molar-refractivity contribution in [3.63, 3.8) is 0 Å². The molecule has 184 valence electrons. The monoisotopic (exact) mass is 468 g/mol. The van der Waals surface area contributed by atoms with Gasteiger partial charge >= 0.3 is 5.97 Å². The Labute approximate surface area is 202 Å². The normalized spacial score (nSPS) is 11.4. The van der Waals surface area contributed by atoms with Gasteiger partial charge in [0.1, 0.15) is 17.2 Å². The zero-order valence-corrected chi connectivity index (χ0v) is 21.1. The van der Waals surface area contributed by atoms with Gasteiger partial charge in [-0.3, -0.25) is 9.59 Å². The van der Waals surface area contributed by atoms with Crippen molar-refractivity contribution in [1.29, 1.82) is 0 Å². The van der Waals surface area contributed by atoms with Crippen molar-refractivity contribution in [1.82, 2.24) is 0 Å². The average Bonchev–Trinajstić information content (AvgIpc) is 2.79. The molecule has 0 radical (unpaired) electrons. The highest BCUT2D eigenvalue weighted by Gasteiger charge is 2.23. The molecule has 0 bridgehead atoms. The van der Waals surface area contributed by atoms with E-state index in [1.54, 1.807) is 51.1 Å². The fourth-order valence-corrected chi connectivity index (χ4v) is 3.14. The summed E-state index contributed by atoms with van der Waals surface area (Å²) >= 11 is 0. The molecule has 0 aliphatic heterocycles. The molecule has 0 amide bonds. The number of benzene rings is 2. The van der Waals surface area contributed by atoms with Gasteiger partial charge in [0.05, 0.1) is 18.6 Å². The Morgan fingerprint density at radius 2 is 1.53 bits per heavy atom. The SMILES string of the molecule is CCCc1cc(/C=C/C(=O)c2ccc(OCOC(=O)C(C)(C)C)cc2)c(OCC)cc1OCC. The second kappa shape index (κ2) is 12.8. The lowest BCUT2D eigenvalue weighted by atomic mass is 9.98. The topological polar surface area (TPSA) is 71.1 Å². The number of ketones is 1. The smallest absolute Gasteiger partial charge is 0.314 e. The minimum absolute atomic E-state index is 0.140. The number of esters is 1. The predicted molar refractivity (Wildman–Crippen MR) is 134 cm³/mol. The van der Waals surface area contributed by atoms with E-state index in [1.807, 2.05) is 26.0 Å². The van der Waals surface area contributed by atoms with E-state index in [9.17, 15) is 9.59 Å². The number of carbonyl (C=O) groups excluding carboxylic acids is 2. The number of hydrogen-bond acceptors (Lipinski definition) is 6. The molecule has 6 heteroatoms. The maximum atomic E-state index is 12.7. The lowest BCUT2D eigenvalue weighted by molar-refractivity contribution is -0.159. The highest BCUT2D eigenvalue weighted by Crippen LogP contribution is 2.31. The van der Waals surface area contributed by atoms with Gasteiger partial charge in [0.2, 0.25) is 6.79 Å². The Morgan fingerprint density at radius 1 is 0.882 bits per heavy atom. The first-order valence-corrected chi connectivity index (χ1v) is 11.7. The molecule has 0 unspecified atom stereocenters. The molecule has 6 nitrogen and oxygen atoms in total. The highest BCUT2D eigenvalue weighted by atomic mass is 16.7. The third-order valence-corrected chi connectivity index (χ3v) is 4.89. The van der Waals surface area contributed by atoms with Gasteiger partial charge in [-0.05, 0) is 89.1 Å². The summed E-state index contributed by atoms with van der Waals surface area (Å²) in [6, 6.07) is 10.6. The molecule has 0 atom stereocenters. The van der Waals surface area contributed by atoms with Crippen LogP contribution in [0.4, 0.5) is 0 Å². The third-order valence-electron chi connectivity index (χ3n) is 4.89. The first-order chi connectivity index (χ1) is 16.2.